The second-order valence-electron chi connectivity index (χ2n) is 8.07. The fourth-order valence-electron chi connectivity index (χ4n) is 3.16. The van der Waals surface area contributed by atoms with Crippen molar-refractivity contribution in [3.05, 3.63) is 36.0 Å². The lowest BCUT2D eigenvalue weighted by Gasteiger charge is -2.20. The molecule has 0 bridgehead atoms. The molecule has 0 spiro atoms. The van der Waals surface area contributed by atoms with Crippen LogP contribution < -0.4 is 10.1 Å². The van der Waals surface area contributed by atoms with Crippen LogP contribution in [0.1, 0.15) is 58.3 Å². The number of carbonyl (C=O) groups is 1. The van der Waals surface area contributed by atoms with Crippen molar-refractivity contribution >= 4 is 17.2 Å². The number of benzene rings is 1. The summed E-state index contributed by atoms with van der Waals surface area (Å²) in [5.41, 5.74) is 1.14. The summed E-state index contributed by atoms with van der Waals surface area (Å²) in [5, 5.41) is 2.51. The van der Waals surface area contributed by atoms with E-state index in [0.717, 1.165) is 24.2 Å². The van der Waals surface area contributed by atoms with Gasteiger partial charge in [-0.05, 0) is 45.7 Å². The first kappa shape index (κ1) is 20.2. The molecule has 1 N–H and O–H groups in total. The van der Waals surface area contributed by atoms with E-state index >= 15 is 0 Å². The van der Waals surface area contributed by atoms with Crippen molar-refractivity contribution in [2.75, 3.05) is 13.2 Å². The Morgan fingerprint density at radius 2 is 2.11 bits per heavy atom. The molecule has 1 aliphatic rings. The van der Waals surface area contributed by atoms with E-state index in [9.17, 15) is 9.18 Å². The van der Waals surface area contributed by atoms with E-state index in [2.05, 4.69) is 10.3 Å². The van der Waals surface area contributed by atoms with Gasteiger partial charge in [0.1, 0.15) is 23.5 Å². The molecule has 0 radical (unpaired) electrons. The first-order chi connectivity index (χ1) is 13.3. The standard InChI is InChI=1S/C21H27FN2O4/c1-21(2,3)28-20(25)23-12-14(11-22)13-26-16-8-9-17-18(10-16)27-19(24-17)15-6-4-5-7-15/h8-11,15H,4-7,12-13H2,1-3H3,(H,23,25)/b14-11+. The second kappa shape index (κ2) is 8.63. The van der Waals surface area contributed by atoms with Crippen molar-refractivity contribution < 1.29 is 23.1 Å². The third-order valence-corrected chi connectivity index (χ3v) is 4.52. The largest absolute Gasteiger partial charge is 0.489 e. The number of carbonyl (C=O) groups excluding carboxylic acids is 1. The number of rotatable bonds is 6. The number of aromatic nitrogens is 1. The quantitative estimate of drug-likeness (QED) is 0.730. The Bertz CT molecular complexity index is 848. The molecule has 6 nitrogen and oxygen atoms in total. The number of oxazole rings is 1. The normalized spacial score (nSPS) is 15.8. The van der Waals surface area contributed by atoms with E-state index in [1.165, 1.54) is 12.8 Å². The minimum absolute atomic E-state index is 0.00141. The maximum absolute atomic E-state index is 13.1. The molecule has 1 fully saturated rings. The summed E-state index contributed by atoms with van der Waals surface area (Å²) < 4.78 is 29.8. The van der Waals surface area contributed by atoms with Crippen LogP contribution in [0.25, 0.3) is 11.1 Å². The van der Waals surface area contributed by atoms with Crippen molar-refractivity contribution in [2.24, 2.45) is 0 Å². The number of amides is 1. The number of halogens is 1. The Kier molecular flexibility index (Phi) is 6.21. The number of hydrogen-bond donors (Lipinski definition) is 1. The van der Waals surface area contributed by atoms with Gasteiger partial charge in [-0.1, -0.05) is 12.8 Å². The summed E-state index contributed by atoms with van der Waals surface area (Å²) in [7, 11) is 0. The molecule has 0 atom stereocenters. The molecule has 0 aliphatic heterocycles. The predicted molar refractivity (Wildman–Crippen MR) is 104 cm³/mol. The van der Waals surface area contributed by atoms with Crippen LogP contribution in [0.5, 0.6) is 5.75 Å². The maximum atomic E-state index is 13.1. The first-order valence-electron chi connectivity index (χ1n) is 9.62. The van der Waals surface area contributed by atoms with Crippen LogP contribution in [0, 0.1) is 0 Å². The van der Waals surface area contributed by atoms with Crippen LogP contribution in [-0.2, 0) is 4.74 Å². The topological polar surface area (TPSA) is 73.6 Å². The van der Waals surface area contributed by atoms with Gasteiger partial charge in [0.2, 0.25) is 0 Å². The second-order valence-corrected chi connectivity index (χ2v) is 8.07. The van der Waals surface area contributed by atoms with Crippen molar-refractivity contribution in [2.45, 2.75) is 58.0 Å². The SMILES string of the molecule is CC(C)(C)OC(=O)NC/C(=C\F)COc1ccc2nc(C3CCCC3)oc2c1. The zero-order chi connectivity index (χ0) is 20.1. The van der Waals surface area contributed by atoms with E-state index in [4.69, 9.17) is 13.9 Å². The molecule has 1 saturated carbocycles. The monoisotopic (exact) mass is 390 g/mol. The summed E-state index contributed by atoms with van der Waals surface area (Å²) in [6, 6.07) is 5.38. The Balaban J connectivity index is 1.55. The third-order valence-electron chi connectivity index (χ3n) is 4.52. The zero-order valence-electron chi connectivity index (χ0n) is 16.6. The minimum atomic E-state index is -0.607. The number of fused-ring (bicyclic) bond motifs is 1. The molecule has 0 saturated heterocycles. The average Bonchev–Trinajstić information content (AvgIpc) is 3.29. The molecule has 2 aromatic rings. The van der Waals surface area contributed by atoms with Crippen molar-refractivity contribution in [1.29, 1.82) is 0 Å². The highest BCUT2D eigenvalue weighted by Gasteiger charge is 2.22. The lowest BCUT2D eigenvalue weighted by Crippen LogP contribution is -2.34. The molecule has 1 aromatic carbocycles. The molecule has 152 valence electrons. The highest BCUT2D eigenvalue weighted by molar-refractivity contribution is 5.74. The number of hydrogen-bond acceptors (Lipinski definition) is 5. The Morgan fingerprint density at radius 1 is 1.36 bits per heavy atom. The van der Waals surface area contributed by atoms with Crippen molar-refractivity contribution in [3.63, 3.8) is 0 Å². The van der Waals surface area contributed by atoms with Gasteiger partial charge in [-0.25, -0.2) is 14.2 Å². The van der Waals surface area contributed by atoms with E-state index < -0.39 is 11.7 Å². The number of ether oxygens (including phenoxy) is 2. The van der Waals surface area contributed by atoms with Crippen LogP contribution in [0.4, 0.5) is 9.18 Å². The molecule has 1 heterocycles. The highest BCUT2D eigenvalue weighted by atomic mass is 19.1. The van der Waals surface area contributed by atoms with Gasteiger partial charge >= 0.3 is 6.09 Å². The fraction of sp³-hybridized carbons (Fsp3) is 0.524. The predicted octanol–water partition coefficient (Wildman–Crippen LogP) is 5.24. The Hall–Kier alpha value is -2.57. The molecule has 1 aliphatic carbocycles. The van der Waals surface area contributed by atoms with Crippen molar-refractivity contribution in [3.8, 4) is 5.75 Å². The molecule has 1 aromatic heterocycles. The third kappa shape index (κ3) is 5.47. The summed E-state index contributed by atoms with van der Waals surface area (Å²) in [5.74, 6) is 1.74. The van der Waals surface area contributed by atoms with E-state index in [0.29, 0.717) is 23.6 Å². The van der Waals surface area contributed by atoms with Gasteiger partial charge in [0, 0.05) is 24.1 Å². The first-order valence-corrected chi connectivity index (χ1v) is 9.62. The number of alkyl carbamates (subject to hydrolysis) is 1. The smallest absolute Gasteiger partial charge is 0.407 e. The summed E-state index contributed by atoms with van der Waals surface area (Å²) in [6.45, 7) is 5.29. The van der Waals surface area contributed by atoms with Gasteiger partial charge in [-0.15, -0.1) is 0 Å². The number of nitrogens with zero attached hydrogens (tertiary/aromatic N) is 1. The zero-order valence-corrected chi connectivity index (χ0v) is 16.6. The summed E-state index contributed by atoms with van der Waals surface area (Å²) in [4.78, 5) is 16.2. The van der Waals surface area contributed by atoms with E-state index in [1.54, 1.807) is 32.9 Å². The van der Waals surface area contributed by atoms with Crippen LogP contribution >= 0.6 is 0 Å². The Labute approximate surface area is 164 Å². The van der Waals surface area contributed by atoms with Crippen LogP contribution in [0.15, 0.2) is 34.5 Å². The molecule has 0 unspecified atom stereocenters. The molecule has 3 rings (SSSR count). The molecule has 28 heavy (non-hydrogen) atoms. The van der Waals surface area contributed by atoms with E-state index in [-0.39, 0.29) is 18.7 Å². The molecule has 1 amide bonds. The minimum Gasteiger partial charge on any atom is -0.489 e. The lowest BCUT2D eigenvalue weighted by atomic mass is 10.1. The highest BCUT2D eigenvalue weighted by Crippen LogP contribution is 2.35. The average molecular weight is 390 g/mol. The molecule has 7 heteroatoms. The van der Waals surface area contributed by atoms with Crippen LogP contribution in [0.2, 0.25) is 0 Å². The molecular weight excluding hydrogens is 363 g/mol. The summed E-state index contributed by atoms with van der Waals surface area (Å²) >= 11 is 0. The van der Waals surface area contributed by atoms with Gasteiger partial charge in [0.05, 0.1) is 6.33 Å². The van der Waals surface area contributed by atoms with Crippen molar-refractivity contribution in [1.82, 2.24) is 10.3 Å². The fourth-order valence-corrected chi connectivity index (χ4v) is 3.16. The molecular formula is C21H27FN2O4. The number of nitrogens with one attached hydrogen (secondary N) is 1. The van der Waals surface area contributed by atoms with Crippen LogP contribution in [-0.4, -0.2) is 29.8 Å². The Morgan fingerprint density at radius 3 is 2.79 bits per heavy atom. The van der Waals surface area contributed by atoms with Gasteiger partial charge in [-0.2, -0.15) is 0 Å². The van der Waals surface area contributed by atoms with Gasteiger partial charge < -0.3 is 19.2 Å². The lowest BCUT2D eigenvalue weighted by molar-refractivity contribution is 0.0531. The van der Waals surface area contributed by atoms with Gasteiger partial charge in [0.25, 0.3) is 0 Å². The maximum Gasteiger partial charge on any atom is 0.407 e. The summed E-state index contributed by atoms with van der Waals surface area (Å²) in [6.07, 6.45) is 4.50. The van der Waals surface area contributed by atoms with Gasteiger partial charge in [-0.3, -0.25) is 0 Å². The van der Waals surface area contributed by atoms with Gasteiger partial charge in [0.15, 0.2) is 11.5 Å². The van der Waals surface area contributed by atoms with E-state index in [1.807, 2.05) is 6.07 Å². The van der Waals surface area contributed by atoms with Crippen LogP contribution in [0.3, 0.4) is 0 Å².